The highest BCUT2D eigenvalue weighted by Crippen LogP contribution is 2.19. The van der Waals surface area contributed by atoms with Gasteiger partial charge in [-0.25, -0.2) is 0 Å². The number of aliphatic hydroxyl groups is 1. The van der Waals surface area contributed by atoms with E-state index in [0.29, 0.717) is 0 Å². The molecule has 3 nitrogen and oxygen atoms in total. The Kier molecular flexibility index (Phi) is 9.72. The number of aryl methyl sites for hydroxylation is 1. The fourth-order valence-electron chi connectivity index (χ4n) is 2.65. The number of aliphatic hydroxyl groups excluding tert-OH is 1. The Hall–Kier alpha value is -1.99. The molecule has 0 saturated heterocycles. The topological polar surface area (TPSA) is 46.1 Å². The molecular formula is C21H26ClNO2. The molecule has 0 aliphatic carbocycles. The van der Waals surface area contributed by atoms with Gasteiger partial charge < -0.3 is 27.6 Å². The third-order valence-corrected chi connectivity index (χ3v) is 4.09. The van der Waals surface area contributed by atoms with E-state index >= 15 is 0 Å². The quantitative estimate of drug-likeness (QED) is 0.460. The zero-order valence-electron chi connectivity index (χ0n) is 14.6. The molecule has 0 radical (unpaired) electrons. The van der Waals surface area contributed by atoms with E-state index in [1.165, 1.54) is 5.56 Å². The summed E-state index contributed by atoms with van der Waals surface area (Å²) >= 11 is 0. The van der Waals surface area contributed by atoms with Gasteiger partial charge >= 0.3 is 0 Å². The number of rotatable bonds is 9. The second kappa shape index (κ2) is 11.5. The standard InChI is InChI=1S/C21H25NO2.ClH/c1-3-16-24-20-13-11-19(12-14-20)21(23)17(2)22-15-7-10-18-8-5-4-6-9-18;/h1,4-6,8-9,11-14,17,21-23H,7,10,15-16H2,2H3;1H. The van der Waals surface area contributed by atoms with Crippen LogP contribution in [0.4, 0.5) is 0 Å². The van der Waals surface area contributed by atoms with Gasteiger partial charge in [0, 0.05) is 6.42 Å². The van der Waals surface area contributed by atoms with Crippen LogP contribution in [0.1, 0.15) is 30.6 Å². The van der Waals surface area contributed by atoms with E-state index in [9.17, 15) is 5.11 Å². The maximum Gasteiger partial charge on any atom is 0.148 e. The van der Waals surface area contributed by atoms with Crippen LogP contribution in [-0.2, 0) is 6.42 Å². The molecule has 2 aromatic rings. The van der Waals surface area contributed by atoms with Gasteiger partial charge in [-0.05, 0) is 36.6 Å². The van der Waals surface area contributed by atoms with Gasteiger partial charge in [0.05, 0.1) is 6.54 Å². The lowest BCUT2D eigenvalue weighted by molar-refractivity contribution is -0.694. The molecule has 4 heteroatoms. The van der Waals surface area contributed by atoms with Crippen LogP contribution < -0.4 is 22.5 Å². The lowest BCUT2D eigenvalue weighted by atomic mass is 10.0. The molecule has 134 valence electrons. The predicted octanol–water partition coefficient (Wildman–Crippen LogP) is -0.679. The van der Waals surface area contributed by atoms with Crippen LogP contribution in [0.3, 0.4) is 0 Å². The second-order valence-electron chi connectivity index (χ2n) is 5.98. The van der Waals surface area contributed by atoms with Crippen LogP contribution in [0.2, 0.25) is 0 Å². The Balaban J connectivity index is 0.00000312. The molecule has 2 aromatic carbocycles. The number of nitrogens with two attached hydrogens (primary N) is 1. The molecule has 0 fully saturated rings. The summed E-state index contributed by atoms with van der Waals surface area (Å²) in [6, 6.07) is 18.1. The maximum atomic E-state index is 10.5. The zero-order chi connectivity index (χ0) is 17.2. The summed E-state index contributed by atoms with van der Waals surface area (Å²) < 4.78 is 5.35. The summed E-state index contributed by atoms with van der Waals surface area (Å²) in [5, 5.41) is 12.7. The van der Waals surface area contributed by atoms with Crippen molar-refractivity contribution in [2.75, 3.05) is 13.2 Å². The number of hydrogen-bond acceptors (Lipinski definition) is 2. The molecule has 0 aliphatic rings. The average molecular weight is 360 g/mol. The predicted molar refractivity (Wildman–Crippen MR) is 96.7 cm³/mol. The molecular weight excluding hydrogens is 334 g/mol. The third kappa shape index (κ3) is 7.19. The molecule has 25 heavy (non-hydrogen) atoms. The Labute approximate surface area is 156 Å². The minimum atomic E-state index is -0.497. The Morgan fingerprint density at radius 1 is 1.12 bits per heavy atom. The smallest absolute Gasteiger partial charge is 0.148 e. The van der Waals surface area contributed by atoms with Crippen molar-refractivity contribution in [1.82, 2.24) is 0 Å². The highest BCUT2D eigenvalue weighted by molar-refractivity contribution is 5.29. The monoisotopic (exact) mass is 359 g/mol. The number of ether oxygens (including phenoxy) is 1. The Morgan fingerprint density at radius 2 is 1.80 bits per heavy atom. The first kappa shape index (κ1) is 21.1. The van der Waals surface area contributed by atoms with Gasteiger partial charge in [0.25, 0.3) is 0 Å². The van der Waals surface area contributed by atoms with E-state index in [-0.39, 0.29) is 25.1 Å². The summed E-state index contributed by atoms with van der Waals surface area (Å²) in [5.74, 6) is 3.16. The fourth-order valence-corrected chi connectivity index (χ4v) is 2.65. The van der Waals surface area contributed by atoms with E-state index in [2.05, 4.69) is 42.4 Å². The highest BCUT2D eigenvalue weighted by atomic mass is 35.5. The van der Waals surface area contributed by atoms with Crippen molar-refractivity contribution >= 4 is 0 Å². The summed E-state index contributed by atoms with van der Waals surface area (Å²) in [6.45, 7) is 3.31. The van der Waals surface area contributed by atoms with Crippen LogP contribution in [0.25, 0.3) is 0 Å². The molecule has 3 N–H and O–H groups in total. The van der Waals surface area contributed by atoms with E-state index < -0.39 is 6.10 Å². The molecule has 0 saturated carbocycles. The summed E-state index contributed by atoms with van der Waals surface area (Å²) in [4.78, 5) is 0. The first-order valence-electron chi connectivity index (χ1n) is 8.42. The molecule has 0 amide bonds. The second-order valence-corrected chi connectivity index (χ2v) is 5.98. The number of benzene rings is 2. The molecule has 0 aliphatic heterocycles. The summed E-state index contributed by atoms with van der Waals surface area (Å²) in [6.07, 6.45) is 6.84. The van der Waals surface area contributed by atoms with Crippen LogP contribution in [0.15, 0.2) is 54.6 Å². The number of hydrogen-bond donors (Lipinski definition) is 2. The van der Waals surface area contributed by atoms with E-state index in [4.69, 9.17) is 11.2 Å². The minimum absolute atomic E-state index is 0. The van der Waals surface area contributed by atoms with Gasteiger partial charge in [-0.15, -0.1) is 6.42 Å². The first-order valence-corrected chi connectivity index (χ1v) is 8.42. The van der Waals surface area contributed by atoms with E-state index in [1.807, 2.05) is 30.3 Å². The Morgan fingerprint density at radius 3 is 2.44 bits per heavy atom. The summed E-state index contributed by atoms with van der Waals surface area (Å²) in [7, 11) is 0. The van der Waals surface area contributed by atoms with Gasteiger partial charge in [-0.1, -0.05) is 48.4 Å². The lowest BCUT2D eigenvalue weighted by Crippen LogP contribution is -3.00. The van der Waals surface area contributed by atoms with Crippen molar-refractivity contribution in [3.63, 3.8) is 0 Å². The minimum Gasteiger partial charge on any atom is -1.00 e. The van der Waals surface area contributed by atoms with Gasteiger partial charge in [0.15, 0.2) is 0 Å². The van der Waals surface area contributed by atoms with Crippen molar-refractivity contribution in [2.45, 2.75) is 31.9 Å². The first-order chi connectivity index (χ1) is 11.7. The number of quaternary nitrogens is 1. The molecule has 0 spiro atoms. The SMILES string of the molecule is C#CCOc1ccc(C(O)C(C)[NH2+]CCCc2ccccc2)cc1.[Cl-]. The zero-order valence-corrected chi connectivity index (χ0v) is 15.3. The van der Waals surface area contributed by atoms with Gasteiger partial charge in [0.1, 0.15) is 24.5 Å². The van der Waals surface area contributed by atoms with E-state index in [1.54, 1.807) is 0 Å². The van der Waals surface area contributed by atoms with Crippen molar-refractivity contribution in [3.8, 4) is 18.1 Å². The molecule has 0 heterocycles. The maximum absolute atomic E-state index is 10.5. The molecule has 0 bridgehead atoms. The van der Waals surface area contributed by atoms with Crippen LogP contribution in [-0.4, -0.2) is 24.3 Å². The largest absolute Gasteiger partial charge is 1.00 e. The summed E-state index contributed by atoms with van der Waals surface area (Å²) in [5.41, 5.74) is 2.26. The highest BCUT2D eigenvalue weighted by Gasteiger charge is 2.18. The fraction of sp³-hybridized carbons (Fsp3) is 0.333. The third-order valence-electron chi connectivity index (χ3n) is 4.09. The molecule has 0 aromatic heterocycles. The molecule has 2 unspecified atom stereocenters. The number of halogens is 1. The normalized spacial score (nSPS) is 12.5. The molecule has 2 atom stereocenters. The van der Waals surface area contributed by atoms with Gasteiger partial charge in [-0.2, -0.15) is 0 Å². The van der Waals surface area contributed by atoms with Gasteiger partial charge in [0.2, 0.25) is 0 Å². The van der Waals surface area contributed by atoms with E-state index in [0.717, 1.165) is 30.7 Å². The van der Waals surface area contributed by atoms with Crippen molar-refractivity contribution in [3.05, 3.63) is 65.7 Å². The average Bonchev–Trinajstić information content (AvgIpc) is 2.64. The molecule has 2 rings (SSSR count). The number of terminal acetylenes is 1. The van der Waals surface area contributed by atoms with Crippen LogP contribution >= 0.6 is 0 Å². The lowest BCUT2D eigenvalue weighted by Gasteiger charge is -2.18. The van der Waals surface area contributed by atoms with Crippen molar-refractivity contribution < 1.29 is 27.6 Å². The van der Waals surface area contributed by atoms with Crippen molar-refractivity contribution in [2.24, 2.45) is 0 Å². The van der Waals surface area contributed by atoms with Gasteiger partial charge in [-0.3, -0.25) is 0 Å². The van der Waals surface area contributed by atoms with Crippen molar-refractivity contribution in [1.29, 1.82) is 0 Å². The Bertz CT molecular complexity index is 637. The van der Waals surface area contributed by atoms with Crippen LogP contribution in [0, 0.1) is 12.3 Å². The van der Waals surface area contributed by atoms with Crippen LogP contribution in [0.5, 0.6) is 5.75 Å².